The predicted octanol–water partition coefficient (Wildman–Crippen LogP) is 3.87. The first kappa shape index (κ1) is 12.5. The van der Waals surface area contributed by atoms with E-state index in [9.17, 15) is 0 Å². The van der Waals surface area contributed by atoms with E-state index in [0.29, 0.717) is 11.8 Å². The lowest BCUT2D eigenvalue weighted by Gasteiger charge is -2.09. The molecule has 2 aromatic rings. The fourth-order valence-electron chi connectivity index (χ4n) is 1.93. The molecule has 1 unspecified atom stereocenters. The fraction of sp³-hybridized carbons (Fsp3) is 0.500. The second kappa shape index (κ2) is 5.15. The van der Waals surface area contributed by atoms with Crippen LogP contribution in [-0.2, 0) is 0 Å². The second-order valence-electron chi connectivity index (χ2n) is 4.91. The van der Waals surface area contributed by atoms with Gasteiger partial charge in [0.1, 0.15) is 0 Å². The summed E-state index contributed by atoms with van der Waals surface area (Å²) >= 11 is 1.80. The summed E-state index contributed by atoms with van der Waals surface area (Å²) in [6.07, 6.45) is 1.03. The molecule has 1 atom stereocenters. The lowest BCUT2D eigenvalue weighted by molar-refractivity contribution is 0.691. The van der Waals surface area contributed by atoms with E-state index >= 15 is 0 Å². The molecule has 0 aliphatic carbocycles. The van der Waals surface area contributed by atoms with Gasteiger partial charge in [0.2, 0.25) is 0 Å². The van der Waals surface area contributed by atoms with Gasteiger partial charge in [0.25, 0.3) is 0 Å². The topological polar surface area (TPSA) is 38.9 Å². The number of benzene rings is 1. The van der Waals surface area contributed by atoms with Crippen molar-refractivity contribution in [2.24, 2.45) is 5.73 Å². The van der Waals surface area contributed by atoms with Crippen LogP contribution in [0.25, 0.3) is 10.2 Å². The molecular formula is C14H20N2S. The Morgan fingerprint density at radius 1 is 1.29 bits per heavy atom. The van der Waals surface area contributed by atoms with Crippen molar-refractivity contribution in [1.82, 2.24) is 4.98 Å². The van der Waals surface area contributed by atoms with Gasteiger partial charge in [-0.05, 0) is 36.6 Å². The smallest absolute Gasteiger partial charge is 0.0963 e. The molecule has 0 aliphatic rings. The molecule has 2 nitrogen and oxygen atoms in total. The summed E-state index contributed by atoms with van der Waals surface area (Å²) in [5.74, 6) is 1.03. The van der Waals surface area contributed by atoms with Gasteiger partial charge in [0.15, 0.2) is 0 Å². The number of aromatic nitrogens is 1. The monoisotopic (exact) mass is 248 g/mol. The maximum atomic E-state index is 5.61. The molecule has 2 rings (SSSR count). The summed E-state index contributed by atoms with van der Waals surface area (Å²) in [6, 6.07) is 6.63. The summed E-state index contributed by atoms with van der Waals surface area (Å²) in [5, 5.41) is 1.23. The van der Waals surface area contributed by atoms with Gasteiger partial charge in [0.05, 0.1) is 15.2 Å². The van der Waals surface area contributed by atoms with E-state index in [-0.39, 0.29) is 0 Å². The van der Waals surface area contributed by atoms with Crippen molar-refractivity contribution >= 4 is 21.6 Å². The number of nitrogens with two attached hydrogens (primary N) is 1. The van der Waals surface area contributed by atoms with Crippen molar-refractivity contribution < 1.29 is 0 Å². The normalized spacial score (nSPS) is 13.5. The SMILES string of the molecule is CC(C)c1nc2cc(C(C)CCN)ccc2s1. The highest BCUT2D eigenvalue weighted by molar-refractivity contribution is 7.18. The lowest BCUT2D eigenvalue weighted by atomic mass is 9.98. The van der Waals surface area contributed by atoms with Crippen LogP contribution in [0.4, 0.5) is 0 Å². The van der Waals surface area contributed by atoms with Gasteiger partial charge in [-0.1, -0.05) is 26.8 Å². The van der Waals surface area contributed by atoms with Crippen molar-refractivity contribution in [3.63, 3.8) is 0 Å². The highest BCUT2D eigenvalue weighted by atomic mass is 32.1. The number of hydrogen-bond acceptors (Lipinski definition) is 3. The van der Waals surface area contributed by atoms with Crippen molar-refractivity contribution in [3.05, 3.63) is 28.8 Å². The summed E-state index contributed by atoms with van der Waals surface area (Å²) in [7, 11) is 0. The van der Waals surface area contributed by atoms with E-state index in [1.54, 1.807) is 11.3 Å². The Balaban J connectivity index is 2.36. The second-order valence-corrected chi connectivity index (χ2v) is 5.97. The van der Waals surface area contributed by atoms with E-state index in [0.717, 1.165) is 18.5 Å². The van der Waals surface area contributed by atoms with Crippen LogP contribution >= 0.6 is 11.3 Å². The third-order valence-electron chi connectivity index (χ3n) is 3.09. The van der Waals surface area contributed by atoms with Crippen LogP contribution < -0.4 is 5.73 Å². The van der Waals surface area contributed by atoms with Crippen molar-refractivity contribution in [1.29, 1.82) is 0 Å². The molecule has 92 valence electrons. The molecule has 1 heterocycles. The molecule has 0 radical (unpaired) electrons. The standard InChI is InChI=1S/C14H20N2S/c1-9(2)14-16-12-8-11(10(3)6-7-15)4-5-13(12)17-14/h4-5,8-10H,6-7,15H2,1-3H3. The molecule has 0 fully saturated rings. The van der Waals surface area contributed by atoms with Crippen LogP contribution in [0.5, 0.6) is 0 Å². The van der Waals surface area contributed by atoms with E-state index < -0.39 is 0 Å². The van der Waals surface area contributed by atoms with Gasteiger partial charge in [-0.3, -0.25) is 0 Å². The fourth-order valence-corrected chi connectivity index (χ4v) is 2.88. The molecule has 0 saturated carbocycles. The number of hydrogen-bond donors (Lipinski definition) is 1. The molecule has 0 bridgehead atoms. The Morgan fingerprint density at radius 2 is 2.06 bits per heavy atom. The minimum absolute atomic E-state index is 0.511. The van der Waals surface area contributed by atoms with Crippen molar-refractivity contribution in [3.8, 4) is 0 Å². The number of nitrogens with zero attached hydrogens (tertiary/aromatic N) is 1. The predicted molar refractivity (Wildman–Crippen MR) is 75.8 cm³/mol. The van der Waals surface area contributed by atoms with Gasteiger partial charge in [0, 0.05) is 5.92 Å². The number of fused-ring (bicyclic) bond motifs is 1. The lowest BCUT2D eigenvalue weighted by Crippen LogP contribution is -2.04. The van der Waals surface area contributed by atoms with Crippen molar-refractivity contribution in [2.75, 3.05) is 6.54 Å². The Kier molecular flexibility index (Phi) is 3.79. The molecule has 3 heteroatoms. The Bertz CT molecular complexity index is 502. The molecule has 0 spiro atoms. The highest BCUT2D eigenvalue weighted by Crippen LogP contribution is 2.30. The first-order valence-electron chi connectivity index (χ1n) is 6.22. The molecule has 0 saturated heterocycles. The van der Waals surface area contributed by atoms with Gasteiger partial charge < -0.3 is 5.73 Å². The van der Waals surface area contributed by atoms with Crippen molar-refractivity contribution in [2.45, 2.75) is 39.0 Å². The van der Waals surface area contributed by atoms with Crippen LogP contribution in [0.2, 0.25) is 0 Å². The number of rotatable bonds is 4. The average molecular weight is 248 g/mol. The van der Waals surface area contributed by atoms with Gasteiger partial charge >= 0.3 is 0 Å². The summed E-state index contributed by atoms with van der Waals surface area (Å²) < 4.78 is 1.29. The third-order valence-corrected chi connectivity index (χ3v) is 4.43. The number of thiazole rings is 1. The Morgan fingerprint density at radius 3 is 2.71 bits per heavy atom. The average Bonchev–Trinajstić information content (AvgIpc) is 2.71. The zero-order valence-corrected chi connectivity index (χ0v) is 11.6. The molecule has 17 heavy (non-hydrogen) atoms. The van der Waals surface area contributed by atoms with Crippen LogP contribution in [-0.4, -0.2) is 11.5 Å². The molecule has 1 aromatic carbocycles. The minimum Gasteiger partial charge on any atom is -0.330 e. The van der Waals surface area contributed by atoms with E-state index in [2.05, 4.69) is 39.0 Å². The summed E-state index contributed by atoms with van der Waals surface area (Å²) in [5.41, 5.74) is 8.10. The first-order chi connectivity index (χ1) is 8.11. The van der Waals surface area contributed by atoms with Gasteiger partial charge in [-0.25, -0.2) is 4.98 Å². The Hall–Kier alpha value is -0.930. The van der Waals surface area contributed by atoms with Crippen LogP contribution in [0.1, 0.15) is 49.6 Å². The molecule has 0 amide bonds. The van der Waals surface area contributed by atoms with Crippen LogP contribution in [0, 0.1) is 0 Å². The van der Waals surface area contributed by atoms with Crippen LogP contribution in [0.15, 0.2) is 18.2 Å². The van der Waals surface area contributed by atoms with Gasteiger partial charge in [-0.15, -0.1) is 11.3 Å². The van der Waals surface area contributed by atoms with E-state index in [4.69, 9.17) is 10.7 Å². The highest BCUT2D eigenvalue weighted by Gasteiger charge is 2.10. The molecule has 1 aromatic heterocycles. The molecular weight excluding hydrogens is 228 g/mol. The maximum absolute atomic E-state index is 5.61. The minimum atomic E-state index is 0.511. The van der Waals surface area contributed by atoms with E-state index in [1.165, 1.54) is 15.3 Å². The Labute approximate surface area is 107 Å². The van der Waals surface area contributed by atoms with Crippen LogP contribution in [0.3, 0.4) is 0 Å². The largest absolute Gasteiger partial charge is 0.330 e. The summed E-state index contributed by atoms with van der Waals surface area (Å²) in [4.78, 5) is 4.70. The maximum Gasteiger partial charge on any atom is 0.0963 e. The van der Waals surface area contributed by atoms with Gasteiger partial charge in [-0.2, -0.15) is 0 Å². The quantitative estimate of drug-likeness (QED) is 0.892. The zero-order chi connectivity index (χ0) is 12.4. The first-order valence-corrected chi connectivity index (χ1v) is 7.04. The zero-order valence-electron chi connectivity index (χ0n) is 10.7. The summed E-state index contributed by atoms with van der Waals surface area (Å²) in [6.45, 7) is 7.35. The molecule has 2 N–H and O–H groups in total. The molecule has 0 aliphatic heterocycles. The van der Waals surface area contributed by atoms with E-state index in [1.807, 2.05) is 0 Å². The third kappa shape index (κ3) is 2.67.